The van der Waals surface area contributed by atoms with Crippen LogP contribution in [0.4, 0.5) is 11.4 Å². The first-order valence-electron chi connectivity index (χ1n) is 23.4. The molecule has 8 bridgehead atoms. The van der Waals surface area contributed by atoms with Crippen LogP contribution in [0.5, 0.6) is 0 Å². The van der Waals surface area contributed by atoms with Crippen LogP contribution in [0.15, 0.2) is 154 Å². The lowest BCUT2D eigenvalue weighted by molar-refractivity contribution is 0.390. The molecule has 18 rings (SSSR count). The molecule has 2 saturated carbocycles. The highest BCUT2D eigenvalue weighted by molar-refractivity contribution is 5.92. The largest absolute Gasteiger partial charge is 0.374 e. The zero-order chi connectivity index (χ0) is 43.5. The molecule has 64 heavy (non-hydrogen) atoms. The number of anilines is 2. The second-order valence-electron chi connectivity index (χ2n) is 17.7. The molecule has 4 aromatic carbocycles. The van der Waals surface area contributed by atoms with Crippen molar-refractivity contribution in [2.24, 2.45) is 20.0 Å². The summed E-state index contributed by atoms with van der Waals surface area (Å²) in [6.07, 6.45) is 22.7. The Morgan fingerprint density at radius 1 is 0.422 bits per heavy atom. The average molecular weight is 845 g/mol. The van der Waals surface area contributed by atoms with Crippen LogP contribution in [0, 0.1) is 0 Å². The monoisotopic (exact) mass is 844 g/mol. The van der Waals surface area contributed by atoms with Gasteiger partial charge in [0.25, 0.3) is 0 Å². The number of rotatable bonds is 8. The van der Waals surface area contributed by atoms with E-state index in [9.17, 15) is 0 Å². The summed E-state index contributed by atoms with van der Waals surface area (Å²) in [5.41, 5.74) is 13.7. The van der Waals surface area contributed by atoms with Crippen LogP contribution >= 0.6 is 0 Å². The van der Waals surface area contributed by atoms with Gasteiger partial charge in [-0.15, -0.1) is 0 Å². The Morgan fingerprint density at radius 2 is 0.797 bits per heavy atom. The predicted octanol–water partition coefficient (Wildman–Crippen LogP) is 11.2. The van der Waals surface area contributed by atoms with Gasteiger partial charge in [-0.2, -0.15) is 0 Å². The Morgan fingerprint density at radius 3 is 1.17 bits per heavy atom. The van der Waals surface area contributed by atoms with Gasteiger partial charge in [0.1, 0.15) is 0 Å². The van der Waals surface area contributed by atoms with Crippen molar-refractivity contribution >= 4 is 36.2 Å². The van der Waals surface area contributed by atoms with Crippen molar-refractivity contribution in [2.45, 2.75) is 88.4 Å². The van der Waals surface area contributed by atoms with Gasteiger partial charge in [0.05, 0.1) is 24.2 Å². The maximum atomic E-state index is 5.30. The molecular weight excluding hydrogens is 785 g/mol. The molecule has 8 heteroatoms. The van der Waals surface area contributed by atoms with Crippen molar-refractivity contribution in [1.82, 2.24) is 9.97 Å². The molecule has 0 radical (unpaired) electrons. The number of likely N-dealkylation sites (N-methyl/N-ethyl adjacent to an activating group) is 2. The molecule has 0 spiro atoms. The summed E-state index contributed by atoms with van der Waals surface area (Å²) in [5, 5.41) is 0. The van der Waals surface area contributed by atoms with Gasteiger partial charge >= 0.3 is 0 Å². The van der Waals surface area contributed by atoms with E-state index in [-0.39, 0.29) is 24.2 Å². The molecule has 2 aliphatic carbocycles. The summed E-state index contributed by atoms with van der Waals surface area (Å²) in [6, 6.07) is 44.1. The molecule has 10 aliphatic heterocycles. The maximum absolute atomic E-state index is 5.30. The van der Waals surface area contributed by atoms with Gasteiger partial charge < -0.3 is 9.80 Å². The molecule has 0 amide bonds. The molecule has 2 aromatic heterocycles. The second-order valence-corrected chi connectivity index (χ2v) is 17.7. The second kappa shape index (κ2) is 20.8. The summed E-state index contributed by atoms with van der Waals surface area (Å²) in [7, 11) is 4.36. The number of pyridine rings is 2. The third-order valence-electron chi connectivity index (χ3n) is 13.3. The first-order valence-corrected chi connectivity index (χ1v) is 23.4. The highest BCUT2D eigenvalue weighted by Crippen LogP contribution is 2.32. The standard InChI is InChI=1S/C56H60N8/c1-63(33-29-49-11-7-9-31-57-49)55-35-45-25-27-47(55)39-61-53-15-5-3-13-51(53)59-38-42-19-23-44(24-20-42)46-26-28-48(56(36-46)64(2)34-30-50-12-8-10-32-58-50)40-62-54-16-6-4-14-52(54)60-37-41-17-21-43(45)22-18-41/h7-12,17-28,31-32,35-40,51-54H,3-6,13-16,29-30,33-34H2,1-2H3/t51-,52-,53-,54-/m1/s1. The van der Waals surface area contributed by atoms with Crippen molar-refractivity contribution in [3.63, 3.8) is 0 Å². The van der Waals surface area contributed by atoms with E-state index in [0.717, 1.165) is 96.6 Å². The summed E-state index contributed by atoms with van der Waals surface area (Å²) < 4.78 is 0. The molecule has 0 unspecified atom stereocenters. The number of nitrogens with zero attached hydrogens (tertiary/aromatic N) is 8. The van der Waals surface area contributed by atoms with Crippen molar-refractivity contribution in [1.29, 1.82) is 0 Å². The molecule has 2 fully saturated rings. The van der Waals surface area contributed by atoms with Crippen LogP contribution in [0.1, 0.15) is 85.0 Å². The number of aromatic nitrogens is 2. The molecule has 12 heterocycles. The Hall–Kier alpha value is -6.54. The number of aliphatic imine (C=N–C) groups is 4. The average Bonchev–Trinajstić information content (AvgIpc) is 3.36. The van der Waals surface area contributed by atoms with E-state index in [1.54, 1.807) is 0 Å². The first kappa shape index (κ1) is 42.7. The van der Waals surface area contributed by atoms with Gasteiger partial charge in [-0.3, -0.25) is 29.9 Å². The highest BCUT2D eigenvalue weighted by atomic mass is 15.1. The van der Waals surface area contributed by atoms with Crippen LogP contribution in [0.2, 0.25) is 0 Å². The van der Waals surface area contributed by atoms with E-state index in [4.69, 9.17) is 20.0 Å². The lowest BCUT2D eigenvalue weighted by atomic mass is 9.91. The van der Waals surface area contributed by atoms with E-state index in [1.165, 1.54) is 47.9 Å². The fraction of sp³-hybridized carbons (Fsp3) is 0.321. The summed E-state index contributed by atoms with van der Waals surface area (Å²) in [4.78, 5) is 34.9. The van der Waals surface area contributed by atoms with E-state index in [0.29, 0.717) is 0 Å². The molecule has 0 N–H and O–H groups in total. The Kier molecular flexibility index (Phi) is 13.9. The predicted molar refractivity (Wildman–Crippen MR) is 269 cm³/mol. The van der Waals surface area contributed by atoms with Crippen molar-refractivity contribution in [2.75, 3.05) is 37.0 Å². The van der Waals surface area contributed by atoms with Crippen LogP contribution in [0.25, 0.3) is 22.3 Å². The number of hydrogen-bond acceptors (Lipinski definition) is 8. The van der Waals surface area contributed by atoms with E-state index in [1.807, 2.05) is 24.5 Å². The molecule has 12 aliphatic rings. The Bertz CT molecular complexity index is 2380. The van der Waals surface area contributed by atoms with Gasteiger partial charge in [-0.05, 0) is 95.5 Å². The fourth-order valence-electron chi connectivity index (χ4n) is 9.34. The summed E-state index contributed by atoms with van der Waals surface area (Å²) in [5.74, 6) is 0. The minimum Gasteiger partial charge on any atom is -0.374 e. The quantitative estimate of drug-likeness (QED) is 0.153. The smallest absolute Gasteiger partial charge is 0.0723 e. The van der Waals surface area contributed by atoms with Gasteiger partial charge in [0.15, 0.2) is 0 Å². The summed E-state index contributed by atoms with van der Waals surface area (Å²) >= 11 is 0. The number of benzene rings is 4. The Balaban J connectivity index is 1.05. The number of hydrogen-bond donors (Lipinski definition) is 0. The minimum atomic E-state index is 0.135. The molecule has 324 valence electrons. The lowest BCUT2D eigenvalue weighted by Gasteiger charge is -2.26. The summed E-state index contributed by atoms with van der Waals surface area (Å²) in [6.45, 7) is 1.68. The zero-order valence-electron chi connectivity index (χ0n) is 37.4. The van der Waals surface area contributed by atoms with E-state index >= 15 is 0 Å². The molecule has 6 aromatic rings. The zero-order valence-corrected chi connectivity index (χ0v) is 37.4. The van der Waals surface area contributed by atoms with Gasteiger partial charge in [0, 0.05) is 111 Å². The molecule has 4 atom stereocenters. The minimum absolute atomic E-state index is 0.135. The van der Waals surface area contributed by atoms with Crippen molar-refractivity contribution in [3.05, 3.63) is 167 Å². The van der Waals surface area contributed by atoms with Gasteiger partial charge in [0.2, 0.25) is 0 Å². The van der Waals surface area contributed by atoms with Crippen LogP contribution in [0.3, 0.4) is 0 Å². The molecular formula is C56H60N8. The first-order chi connectivity index (χ1) is 31.5. The van der Waals surface area contributed by atoms with Crippen LogP contribution < -0.4 is 9.80 Å². The van der Waals surface area contributed by atoms with Crippen molar-refractivity contribution < 1.29 is 0 Å². The topological polar surface area (TPSA) is 81.7 Å². The van der Waals surface area contributed by atoms with Gasteiger partial charge in [-0.1, -0.05) is 111 Å². The van der Waals surface area contributed by atoms with Crippen LogP contribution in [-0.4, -0.2) is 86.2 Å². The van der Waals surface area contributed by atoms with Crippen LogP contribution in [-0.2, 0) is 12.8 Å². The van der Waals surface area contributed by atoms with Gasteiger partial charge in [-0.25, -0.2) is 0 Å². The van der Waals surface area contributed by atoms with Crippen molar-refractivity contribution in [3.8, 4) is 22.3 Å². The molecule has 0 saturated heterocycles. The van der Waals surface area contributed by atoms with E-state index in [2.05, 4.69) is 168 Å². The maximum Gasteiger partial charge on any atom is 0.0723 e. The Labute approximate surface area is 379 Å². The third-order valence-corrected chi connectivity index (χ3v) is 13.3. The normalized spacial score (nSPS) is 19.5. The van der Waals surface area contributed by atoms with E-state index < -0.39 is 0 Å². The fourth-order valence-corrected chi connectivity index (χ4v) is 9.34. The SMILES string of the molecule is CN(CCc1ccccn1)c1cc2ccc1C=N[C@@H]1CCCC[C@H]1N=Cc1ccc(cc1)-c1ccc(c(N(C)CCc3ccccn3)c1)C=N[C@@H]1CCCC[C@H]1N=Cc1ccc-2cc1. The molecule has 8 nitrogen and oxygen atoms in total. The third kappa shape index (κ3) is 10.8. The lowest BCUT2D eigenvalue weighted by Crippen LogP contribution is -2.27. The highest BCUT2D eigenvalue weighted by Gasteiger charge is 2.25.